The van der Waals surface area contributed by atoms with Gasteiger partial charge in [-0.1, -0.05) is 57.0 Å². The molecule has 2 saturated carbocycles. The number of halogens is 2. The van der Waals surface area contributed by atoms with E-state index in [1.165, 1.54) is 4.90 Å². The average molecular weight is 556 g/mol. The third-order valence-electron chi connectivity index (χ3n) is 6.65. The monoisotopic (exact) mass is 554 g/mol. The number of likely N-dealkylation sites (tertiary alicyclic amines) is 1. The summed E-state index contributed by atoms with van der Waals surface area (Å²) in [7, 11) is 0. The summed E-state index contributed by atoms with van der Waals surface area (Å²) in [5.41, 5.74) is 1.68. The molecule has 3 aliphatic rings. The fourth-order valence-electron chi connectivity index (χ4n) is 5.19. The van der Waals surface area contributed by atoms with Gasteiger partial charge in [0.05, 0.1) is 18.3 Å². The van der Waals surface area contributed by atoms with Crippen LogP contribution >= 0.6 is 31.9 Å². The van der Waals surface area contributed by atoms with Crippen LogP contribution in [0.25, 0.3) is 0 Å². The molecule has 7 nitrogen and oxygen atoms in total. The van der Waals surface area contributed by atoms with Crippen LogP contribution in [0.4, 0.5) is 5.69 Å². The highest BCUT2D eigenvalue weighted by atomic mass is 79.9. The van der Waals surface area contributed by atoms with Crippen molar-refractivity contribution in [2.45, 2.75) is 35.8 Å². The number of hydrogen-bond acceptors (Lipinski definition) is 5. The molecular formula is C22H24Br2N2O5. The smallest absolute Gasteiger partial charge is 0.308 e. The van der Waals surface area contributed by atoms with Crippen molar-refractivity contribution in [3.63, 3.8) is 0 Å². The zero-order valence-electron chi connectivity index (χ0n) is 17.1. The predicted octanol–water partition coefficient (Wildman–Crippen LogP) is 2.90. The first-order valence-corrected chi connectivity index (χ1v) is 12.3. The number of esters is 1. The molecule has 3 amide bonds. The number of nitrogens with zero attached hydrogens (tertiary/aromatic N) is 1. The SMILES string of the molecule is CCc1ccccc1NC(=O)COC(=O)CCN1C(=O)[C@@H]2[C@H]3C[C@@H]([C@H](Br)[C@H]3Br)[C@@H]2C1=O. The molecule has 9 heteroatoms. The second-order valence-electron chi connectivity index (χ2n) is 8.30. The van der Waals surface area contributed by atoms with Gasteiger partial charge in [-0.15, -0.1) is 0 Å². The van der Waals surface area contributed by atoms with E-state index in [4.69, 9.17) is 4.74 Å². The molecule has 2 aliphatic carbocycles. The molecule has 3 fully saturated rings. The van der Waals surface area contributed by atoms with Gasteiger partial charge in [0.1, 0.15) is 0 Å². The van der Waals surface area contributed by atoms with Crippen molar-refractivity contribution in [3.8, 4) is 0 Å². The highest BCUT2D eigenvalue weighted by Gasteiger charge is 2.66. The molecule has 0 aromatic heterocycles. The first-order chi connectivity index (χ1) is 14.8. The average Bonchev–Trinajstić information content (AvgIpc) is 3.36. The van der Waals surface area contributed by atoms with Crippen molar-refractivity contribution < 1.29 is 23.9 Å². The summed E-state index contributed by atoms with van der Waals surface area (Å²) >= 11 is 7.31. The number of imide groups is 1. The molecule has 0 unspecified atom stereocenters. The lowest BCUT2D eigenvalue weighted by Crippen LogP contribution is -2.37. The lowest BCUT2D eigenvalue weighted by Gasteiger charge is -2.28. The highest BCUT2D eigenvalue weighted by Crippen LogP contribution is 2.60. The number of fused-ring (bicyclic) bond motifs is 5. The van der Waals surface area contributed by atoms with E-state index in [1.54, 1.807) is 6.07 Å². The van der Waals surface area contributed by atoms with Gasteiger partial charge in [-0.25, -0.2) is 0 Å². The van der Waals surface area contributed by atoms with E-state index in [9.17, 15) is 19.2 Å². The minimum atomic E-state index is -0.615. The number of alkyl halides is 2. The molecule has 31 heavy (non-hydrogen) atoms. The van der Waals surface area contributed by atoms with Crippen LogP contribution in [-0.2, 0) is 30.3 Å². The van der Waals surface area contributed by atoms with Crippen LogP contribution in [0.3, 0.4) is 0 Å². The number of carbonyl (C=O) groups is 4. The molecule has 6 atom stereocenters. The minimum absolute atomic E-state index is 0.0108. The molecule has 0 spiro atoms. The number of anilines is 1. The third kappa shape index (κ3) is 4.06. The van der Waals surface area contributed by atoms with Crippen molar-refractivity contribution in [1.29, 1.82) is 0 Å². The summed E-state index contributed by atoms with van der Waals surface area (Å²) in [5, 5.41) is 2.74. The van der Waals surface area contributed by atoms with Crippen LogP contribution < -0.4 is 5.32 Å². The Morgan fingerprint density at radius 3 is 2.32 bits per heavy atom. The molecule has 0 radical (unpaired) electrons. The van der Waals surface area contributed by atoms with Gasteiger partial charge < -0.3 is 10.1 Å². The molecule has 1 N–H and O–H groups in total. The van der Waals surface area contributed by atoms with Crippen molar-refractivity contribution in [3.05, 3.63) is 29.8 Å². The fraction of sp³-hybridized carbons (Fsp3) is 0.545. The van der Waals surface area contributed by atoms with Crippen LogP contribution in [0, 0.1) is 23.7 Å². The van der Waals surface area contributed by atoms with Gasteiger partial charge in [-0.2, -0.15) is 0 Å². The summed E-state index contributed by atoms with van der Waals surface area (Å²) in [4.78, 5) is 51.5. The Kier molecular flexibility index (Phi) is 6.53. The highest BCUT2D eigenvalue weighted by molar-refractivity contribution is 9.12. The summed E-state index contributed by atoms with van der Waals surface area (Å²) in [6.07, 6.45) is 1.51. The lowest BCUT2D eigenvalue weighted by atomic mass is 9.81. The Morgan fingerprint density at radius 2 is 1.71 bits per heavy atom. The lowest BCUT2D eigenvalue weighted by molar-refractivity contribution is -0.149. The summed E-state index contributed by atoms with van der Waals surface area (Å²) < 4.78 is 5.05. The number of hydrogen-bond donors (Lipinski definition) is 1. The van der Waals surface area contributed by atoms with E-state index in [0.717, 1.165) is 18.4 Å². The van der Waals surface area contributed by atoms with Gasteiger partial charge in [-0.3, -0.25) is 24.1 Å². The van der Waals surface area contributed by atoms with E-state index in [2.05, 4.69) is 37.2 Å². The van der Waals surface area contributed by atoms with Crippen LogP contribution in [0.5, 0.6) is 0 Å². The molecule has 1 aromatic carbocycles. The Bertz CT molecular complexity index is 891. The predicted molar refractivity (Wildman–Crippen MR) is 121 cm³/mol. The maximum atomic E-state index is 12.8. The maximum absolute atomic E-state index is 12.8. The number of amides is 3. The first kappa shape index (κ1) is 22.5. The van der Waals surface area contributed by atoms with Gasteiger partial charge in [-0.05, 0) is 36.3 Å². The Morgan fingerprint density at radius 1 is 1.10 bits per heavy atom. The van der Waals surface area contributed by atoms with Crippen molar-refractivity contribution in [1.82, 2.24) is 4.90 Å². The number of rotatable bonds is 7. The van der Waals surface area contributed by atoms with Gasteiger partial charge >= 0.3 is 5.97 Å². The molecule has 1 aromatic rings. The van der Waals surface area contributed by atoms with Gasteiger partial charge in [0.2, 0.25) is 11.8 Å². The molecule has 166 valence electrons. The van der Waals surface area contributed by atoms with E-state index in [-0.39, 0.29) is 58.1 Å². The second-order valence-corrected chi connectivity index (χ2v) is 10.4. The van der Waals surface area contributed by atoms with Crippen LogP contribution in [-0.4, -0.2) is 51.4 Å². The normalized spacial score (nSPS) is 31.1. The first-order valence-electron chi connectivity index (χ1n) is 10.5. The summed E-state index contributed by atoms with van der Waals surface area (Å²) in [5.74, 6) is -1.73. The van der Waals surface area contributed by atoms with Crippen LogP contribution in [0.1, 0.15) is 25.3 Å². The number of nitrogens with one attached hydrogen (secondary N) is 1. The number of ether oxygens (including phenoxy) is 1. The minimum Gasteiger partial charge on any atom is -0.456 e. The molecular weight excluding hydrogens is 532 g/mol. The standard InChI is InChI=1S/C22H24Br2N2O5/c1-2-11-5-3-4-6-14(11)25-15(27)10-31-16(28)7-8-26-21(29)17-12-9-13(18(17)22(26)30)20(24)19(12)23/h3-6,12-13,17-20H,2,7-10H2,1H3,(H,25,27)/t12-,13-,17-,18+,19+,20+/m1/s1. The Balaban J connectivity index is 1.26. The molecule has 1 heterocycles. The number of benzene rings is 1. The van der Waals surface area contributed by atoms with Gasteiger partial charge in [0, 0.05) is 21.9 Å². The van der Waals surface area contributed by atoms with Crippen molar-refractivity contribution in [2.75, 3.05) is 18.5 Å². The third-order valence-corrected chi connectivity index (χ3v) is 9.86. The van der Waals surface area contributed by atoms with Crippen LogP contribution in [0.2, 0.25) is 0 Å². The topological polar surface area (TPSA) is 92.8 Å². The van der Waals surface area contributed by atoms with Crippen LogP contribution in [0.15, 0.2) is 24.3 Å². The Labute approximate surface area is 197 Å². The molecule has 4 rings (SSSR count). The van der Waals surface area contributed by atoms with E-state index in [1.807, 2.05) is 25.1 Å². The molecule has 1 saturated heterocycles. The van der Waals surface area contributed by atoms with Crippen molar-refractivity contribution in [2.24, 2.45) is 23.7 Å². The number of aryl methyl sites for hydroxylation is 1. The van der Waals surface area contributed by atoms with E-state index < -0.39 is 18.5 Å². The van der Waals surface area contributed by atoms with Gasteiger partial charge in [0.25, 0.3) is 5.91 Å². The largest absolute Gasteiger partial charge is 0.456 e. The number of carbonyl (C=O) groups excluding carboxylic acids is 4. The van der Waals surface area contributed by atoms with Gasteiger partial charge in [0.15, 0.2) is 6.61 Å². The fourth-order valence-corrected chi connectivity index (χ4v) is 7.06. The number of para-hydroxylation sites is 1. The zero-order valence-corrected chi connectivity index (χ0v) is 20.2. The zero-order chi connectivity index (χ0) is 22.3. The maximum Gasteiger partial charge on any atom is 0.308 e. The molecule has 2 bridgehead atoms. The Hall–Kier alpha value is -1.74. The van der Waals surface area contributed by atoms with E-state index >= 15 is 0 Å². The van der Waals surface area contributed by atoms with E-state index in [0.29, 0.717) is 5.69 Å². The van der Waals surface area contributed by atoms with Crippen molar-refractivity contribution >= 4 is 61.2 Å². The summed E-state index contributed by atoms with van der Waals surface area (Å²) in [6.45, 7) is 1.56. The quantitative estimate of drug-likeness (QED) is 0.317. The summed E-state index contributed by atoms with van der Waals surface area (Å²) in [6, 6.07) is 7.43. The second kappa shape index (κ2) is 9.02. The molecule has 1 aliphatic heterocycles.